The number of aryl methyl sites for hydroxylation is 2. The minimum atomic E-state index is -4.63. The number of benzene rings is 1. The van der Waals surface area contributed by atoms with E-state index < -0.39 is 47.7 Å². The van der Waals surface area contributed by atoms with E-state index in [9.17, 15) is 27.6 Å². The molecule has 0 spiro atoms. The molecule has 30 heavy (non-hydrogen) atoms. The number of esters is 1. The van der Waals surface area contributed by atoms with Crippen molar-refractivity contribution in [3.8, 4) is 0 Å². The fourth-order valence-electron chi connectivity index (χ4n) is 2.41. The highest BCUT2D eigenvalue weighted by Crippen LogP contribution is 2.32. The minimum absolute atomic E-state index is 0.311. The fraction of sp³-hybridized carbons (Fsp3) is 0.263. The summed E-state index contributed by atoms with van der Waals surface area (Å²) in [4.78, 5) is 39.0. The number of ether oxygens (including phenoxy) is 1. The minimum Gasteiger partial charge on any atom is -0.454 e. The van der Waals surface area contributed by atoms with Crippen molar-refractivity contribution in [2.45, 2.75) is 20.0 Å². The van der Waals surface area contributed by atoms with Gasteiger partial charge in [-0.1, -0.05) is 28.8 Å². The standard InChI is InChI=1S/C19H17ClF3N3O4/c1-10-3-11(2)5-12(4-10)18(29)25-8-16(28)30-9-15(27)26-17-14(20)6-13(7-24-17)19(21,22)23/h3-7H,8-9H2,1-2H3,(H,25,29)(H,24,26,27). The molecule has 1 aromatic heterocycles. The van der Waals surface area contributed by atoms with Crippen molar-refractivity contribution >= 4 is 35.2 Å². The van der Waals surface area contributed by atoms with Crippen molar-refractivity contribution in [2.75, 3.05) is 18.5 Å². The van der Waals surface area contributed by atoms with Gasteiger partial charge in [0, 0.05) is 11.8 Å². The number of anilines is 1. The molecule has 0 aliphatic carbocycles. The number of halogens is 4. The van der Waals surface area contributed by atoms with Crippen LogP contribution in [-0.2, 0) is 20.5 Å². The normalized spacial score (nSPS) is 11.0. The molecule has 160 valence electrons. The third kappa shape index (κ3) is 6.73. The van der Waals surface area contributed by atoms with E-state index in [1.807, 2.05) is 19.9 Å². The van der Waals surface area contributed by atoms with Gasteiger partial charge >= 0.3 is 12.1 Å². The Labute approximate surface area is 174 Å². The van der Waals surface area contributed by atoms with Gasteiger partial charge in [-0.25, -0.2) is 4.98 Å². The highest BCUT2D eigenvalue weighted by Gasteiger charge is 2.31. The summed E-state index contributed by atoms with van der Waals surface area (Å²) in [6.07, 6.45) is -4.12. The lowest BCUT2D eigenvalue weighted by molar-refractivity contribution is -0.146. The van der Waals surface area contributed by atoms with Gasteiger partial charge in [0.05, 0.1) is 10.6 Å². The number of carbonyl (C=O) groups is 3. The molecule has 2 amide bonds. The van der Waals surface area contributed by atoms with Gasteiger partial charge in [0.1, 0.15) is 6.54 Å². The molecule has 0 saturated carbocycles. The van der Waals surface area contributed by atoms with Gasteiger partial charge in [-0.2, -0.15) is 13.2 Å². The molecule has 0 unspecified atom stereocenters. The van der Waals surface area contributed by atoms with Crippen LogP contribution >= 0.6 is 11.6 Å². The van der Waals surface area contributed by atoms with Gasteiger partial charge < -0.3 is 15.4 Å². The van der Waals surface area contributed by atoms with E-state index in [2.05, 4.69) is 15.6 Å². The number of carbonyl (C=O) groups excluding carboxylic acids is 3. The van der Waals surface area contributed by atoms with Crippen LogP contribution < -0.4 is 10.6 Å². The van der Waals surface area contributed by atoms with Gasteiger partial charge in [0.25, 0.3) is 11.8 Å². The first-order valence-corrected chi connectivity index (χ1v) is 8.88. The Morgan fingerprint density at radius 3 is 2.30 bits per heavy atom. The zero-order chi connectivity index (χ0) is 22.5. The van der Waals surface area contributed by atoms with Crippen LogP contribution in [0.25, 0.3) is 0 Å². The molecule has 0 saturated heterocycles. The lowest BCUT2D eigenvalue weighted by Gasteiger charge is -2.10. The van der Waals surface area contributed by atoms with Gasteiger partial charge in [-0.05, 0) is 32.0 Å². The third-order valence-electron chi connectivity index (χ3n) is 3.67. The van der Waals surface area contributed by atoms with E-state index in [-0.39, 0.29) is 5.82 Å². The summed E-state index contributed by atoms with van der Waals surface area (Å²) in [5.41, 5.74) is 1.07. The smallest absolute Gasteiger partial charge is 0.417 e. The van der Waals surface area contributed by atoms with Crippen LogP contribution in [0.4, 0.5) is 19.0 Å². The number of aromatic nitrogens is 1. The van der Waals surface area contributed by atoms with Gasteiger partial charge in [-0.15, -0.1) is 0 Å². The van der Waals surface area contributed by atoms with Crippen LogP contribution in [0.15, 0.2) is 30.5 Å². The summed E-state index contributed by atoms with van der Waals surface area (Å²) in [6.45, 7) is 2.44. The molecule has 0 aliphatic rings. The summed E-state index contributed by atoms with van der Waals surface area (Å²) in [7, 11) is 0. The van der Waals surface area contributed by atoms with Crippen molar-refractivity contribution in [1.29, 1.82) is 0 Å². The predicted octanol–water partition coefficient (Wildman–Crippen LogP) is 3.28. The molecule has 0 atom stereocenters. The second-order valence-corrected chi connectivity index (χ2v) is 6.73. The second kappa shape index (κ2) is 9.57. The second-order valence-electron chi connectivity index (χ2n) is 6.32. The molecule has 0 fully saturated rings. The van der Waals surface area contributed by atoms with E-state index in [0.717, 1.165) is 11.1 Å². The maximum atomic E-state index is 12.6. The average Bonchev–Trinajstić information content (AvgIpc) is 2.64. The summed E-state index contributed by atoms with van der Waals surface area (Å²) < 4.78 is 42.4. The maximum Gasteiger partial charge on any atom is 0.417 e. The van der Waals surface area contributed by atoms with E-state index in [0.29, 0.717) is 17.8 Å². The SMILES string of the molecule is Cc1cc(C)cc(C(=O)NCC(=O)OCC(=O)Nc2ncc(C(F)(F)F)cc2Cl)c1. The molecule has 2 N–H and O–H groups in total. The fourth-order valence-corrected chi connectivity index (χ4v) is 2.62. The molecular weight excluding hydrogens is 427 g/mol. The number of pyridine rings is 1. The predicted molar refractivity (Wildman–Crippen MR) is 102 cm³/mol. The number of nitrogens with zero attached hydrogens (tertiary/aromatic N) is 1. The maximum absolute atomic E-state index is 12.6. The first kappa shape index (κ1) is 23.1. The Bertz CT molecular complexity index is 960. The molecule has 0 aliphatic heterocycles. The van der Waals surface area contributed by atoms with Gasteiger partial charge in [0.15, 0.2) is 12.4 Å². The molecule has 2 aromatic rings. The van der Waals surface area contributed by atoms with Crippen LogP contribution in [0, 0.1) is 13.8 Å². The zero-order valence-corrected chi connectivity index (χ0v) is 16.6. The quantitative estimate of drug-likeness (QED) is 0.668. The molecule has 2 rings (SSSR count). The van der Waals surface area contributed by atoms with Crippen LogP contribution in [-0.4, -0.2) is 35.9 Å². The van der Waals surface area contributed by atoms with Crippen molar-refractivity contribution < 1.29 is 32.3 Å². The Kier molecular flexibility index (Phi) is 7.38. The lowest BCUT2D eigenvalue weighted by Crippen LogP contribution is -2.32. The molecule has 1 aromatic carbocycles. The van der Waals surface area contributed by atoms with Crippen molar-refractivity contribution in [2.24, 2.45) is 0 Å². The van der Waals surface area contributed by atoms with E-state index in [1.165, 1.54) is 0 Å². The van der Waals surface area contributed by atoms with E-state index >= 15 is 0 Å². The van der Waals surface area contributed by atoms with E-state index in [1.54, 1.807) is 12.1 Å². The van der Waals surface area contributed by atoms with E-state index in [4.69, 9.17) is 16.3 Å². The van der Waals surface area contributed by atoms with Crippen molar-refractivity contribution in [3.63, 3.8) is 0 Å². The topological polar surface area (TPSA) is 97.4 Å². The number of alkyl halides is 3. The number of rotatable bonds is 6. The monoisotopic (exact) mass is 443 g/mol. The number of hydrogen-bond donors (Lipinski definition) is 2. The number of nitrogens with one attached hydrogen (secondary N) is 2. The van der Waals surface area contributed by atoms with Crippen molar-refractivity contribution in [3.05, 3.63) is 57.7 Å². The molecule has 11 heteroatoms. The highest BCUT2D eigenvalue weighted by molar-refractivity contribution is 6.33. The first-order valence-electron chi connectivity index (χ1n) is 8.50. The van der Waals surface area contributed by atoms with Gasteiger partial charge in [-0.3, -0.25) is 14.4 Å². The Morgan fingerprint density at radius 1 is 1.10 bits per heavy atom. The Morgan fingerprint density at radius 2 is 1.73 bits per heavy atom. The van der Waals surface area contributed by atoms with Crippen LogP contribution in [0.3, 0.4) is 0 Å². The number of hydrogen-bond acceptors (Lipinski definition) is 5. The average molecular weight is 444 g/mol. The Hall–Kier alpha value is -3.14. The summed E-state index contributed by atoms with van der Waals surface area (Å²) in [6, 6.07) is 5.81. The van der Waals surface area contributed by atoms with Crippen LogP contribution in [0.2, 0.25) is 5.02 Å². The summed E-state index contributed by atoms with van der Waals surface area (Å²) in [5, 5.41) is 4.08. The van der Waals surface area contributed by atoms with Crippen LogP contribution in [0.1, 0.15) is 27.0 Å². The third-order valence-corrected chi connectivity index (χ3v) is 3.96. The molecule has 1 heterocycles. The zero-order valence-electron chi connectivity index (χ0n) is 15.9. The summed E-state index contributed by atoms with van der Waals surface area (Å²) >= 11 is 5.67. The highest BCUT2D eigenvalue weighted by atomic mass is 35.5. The van der Waals surface area contributed by atoms with Gasteiger partial charge in [0.2, 0.25) is 0 Å². The Balaban J connectivity index is 1.82. The van der Waals surface area contributed by atoms with Crippen LogP contribution in [0.5, 0.6) is 0 Å². The molecular formula is C19H17ClF3N3O4. The number of amides is 2. The summed E-state index contributed by atoms with van der Waals surface area (Å²) in [5.74, 6) is -2.54. The largest absolute Gasteiger partial charge is 0.454 e. The van der Waals surface area contributed by atoms with Crippen molar-refractivity contribution in [1.82, 2.24) is 10.3 Å². The molecule has 0 radical (unpaired) electrons. The lowest BCUT2D eigenvalue weighted by atomic mass is 10.1. The first-order chi connectivity index (χ1) is 14.0. The molecule has 7 nitrogen and oxygen atoms in total. The molecule has 0 bridgehead atoms.